The van der Waals surface area contributed by atoms with Crippen molar-refractivity contribution in [3.63, 3.8) is 0 Å². The average Bonchev–Trinajstić information content (AvgIpc) is 3.07. The summed E-state index contributed by atoms with van der Waals surface area (Å²) in [6.45, 7) is 9.25. The summed E-state index contributed by atoms with van der Waals surface area (Å²) in [6.07, 6.45) is 3.88. The molecular formula is C18H26ClN5. The van der Waals surface area contributed by atoms with E-state index >= 15 is 0 Å². The standard InChI is InChI=1S/C18H26ClN5/c1-4-24-18(20-12-21-24)14(3)22-15-7-9-23(10-8-15)16-6-5-13(2)17(19)11-16/h5-6,11-12,14-15,22H,4,7-10H2,1-3H3. The molecule has 1 N–H and O–H groups in total. The monoisotopic (exact) mass is 347 g/mol. The summed E-state index contributed by atoms with van der Waals surface area (Å²) in [5, 5.41) is 8.82. The summed E-state index contributed by atoms with van der Waals surface area (Å²) >= 11 is 6.26. The van der Waals surface area contributed by atoms with E-state index in [0.717, 1.165) is 48.9 Å². The van der Waals surface area contributed by atoms with Gasteiger partial charge in [0.05, 0.1) is 6.04 Å². The van der Waals surface area contributed by atoms with E-state index in [9.17, 15) is 0 Å². The smallest absolute Gasteiger partial charge is 0.143 e. The molecule has 1 aliphatic heterocycles. The molecule has 0 aliphatic carbocycles. The van der Waals surface area contributed by atoms with Gasteiger partial charge in [0.2, 0.25) is 0 Å². The van der Waals surface area contributed by atoms with Gasteiger partial charge in [0, 0.05) is 36.4 Å². The zero-order valence-corrected chi connectivity index (χ0v) is 15.4. The Hall–Kier alpha value is -1.59. The van der Waals surface area contributed by atoms with Crippen LogP contribution in [0.3, 0.4) is 0 Å². The Morgan fingerprint density at radius 1 is 1.33 bits per heavy atom. The van der Waals surface area contributed by atoms with E-state index in [-0.39, 0.29) is 6.04 Å². The number of nitrogens with zero attached hydrogens (tertiary/aromatic N) is 4. The molecule has 1 unspecified atom stereocenters. The van der Waals surface area contributed by atoms with E-state index in [1.165, 1.54) is 5.69 Å². The molecule has 2 aromatic rings. The summed E-state index contributed by atoms with van der Waals surface area (Å²) in [7, 11) is 0. The van der Waals surface area contributed by atoms with Crippen LogP contribution >= 0.6 is 11.6 Å². The maximum absolute atomic E-state index is 6.26. The van der Waals surface area contributed by atoms with E-state index in [1.54, 1.807) is 6.33 Å². The predicted octanol–water partition coefficient (Wildman–Crippen LogP) is 3.58. The molecule has 5 nitrogen and oxygen atoms in total. The molecule has 0 spiro atoms. The average molecular weight is 348 g/mol. The van der Waals surface area contributed by atoms with Crippen LogP contribution in [-0.4, -0.2) is 33.9 Å². The highest BCUT2D eigenvalue weighted by Gasteiger charge is 2.23. The van der Waals surface area contributed by atoms with Gasteiger partial charge in [-0.1, -0.05) is 17.7 Å². The molecular weight excluding hydrogens is 322 g/mol. The molecule has 0 radical (unpaired) electrons. The topological polar surface area (TPSA) is 46.0 Å². The molecule has 1 fully saturated rings. The van der Waals surface area contributed by atoms with Crippen molar-refractivity contribution in [2.45, 2.75) is 52.2 Å². The van der Waals surface area contributed by atoms with Gasteiger partial charge in [-0.25, -0.2) is 9.67 Å². The highest BCUT2D eigenvalue weighted by molar-refractivity contribution is 6.31. The fourth-order valence-corrected chi connectivity index (χ4v) is 3.54. The summed E-state index contributed by atoms with van der Waals surface area (Å²) in [5.74, 6) is 1.02. The molecule has 0 bridgehead atoms. The molecule has 3 rings (SSSR count). The van der Waals surface area contributed by atoms with E-state index in [1.807, 2.05) is 11.6 Å². The van der Waals surface area contributed by atoms with Gasteiger partial charge >= 0.3 is 0 Å². The highest BCUT2D eigenvalue weighted by atomic mass is 35.5. The molecule has 0 amide bonds. The first kappa shape index (κ1) is 17.2. The number of rotatable bonds is 5. The van der Waals surface area contributed by atoms with Crippen LogP contribution in [0.2, 0.25) is 5.02 Å². The van der Waals surface area contributed by atoms with Gasteiger partial charge in [0.15, 0.2) is 0 Å². The Morgan fingerprint density at radius 3 is 2.75 bits per heavy atom. The third-order valence-electron chi connectivity index (χ3n) is 4.83. The quantitative estimate of drug-likeness (QED) is 0.898. The van der Waals surface area contributed by atoms with Crippen molar-refractivity contribution < 1.29 is 0 Å². The Morgan fingerprint density at radius 2 is 2.08 bits per heavy atom. The third-order valence-corrected chi connectivity index (χ3v) is 5.24. The van der Waals surface area contributed by atoms with Gasteiger partial charge in [0.1, 0.15) is 12.2 Å². The Balaban J connectivity index is 1.56. The maximum atomic E-state index is 6.26. The number of hydrogen-bond donors (Lipinski definition) is 1. The largest absolute Gasteiger partial charge is 0.371 e. The number of benzene rings is 1. The number of piperidine rings is 1. The molecule has 24 heavy (non-hydrogen) atoms. The van der Waals surface area contributed by atoms with E-state index < -0.39 is 0 Å². The number of aromatic nitrogens is 3. The summed E-state index contributed by atoms with van der Waals surface area (Å²) in [5.41, 5.74) is 2.36. The van der Waals surface area contributed by atoms with Crippen LogP contribution in [0, 0.1) is 6.92 Å². The number of anilines is 1. The van der Waals surface area contributed by atoms with E-state index in [0.29, 0.717) is 6.04 Å². The van der Waals surface area contributed by atoms with Crippen molar-refractivity contribution in [3.8, 4) is 0 Å². The molecule has 0 saturated carbocycles. The second-order valence-corrected chi connectivity index (χ2v) is 6.92. The van der Waals surface area contributed by atoms with Gasteiger partial charge in [-0.05, 0) is 51.3 Å². The van der Waals surface area contributed by atoms with Crippen LogP contribution < -0.4 is 10.2 Å². The summed E-state index contributed by atoms with van der Waals surface area (Å²) < 4.78 is 1.96. The van der Waals surface area contributed by atoms with Gasteiger partial charge in [0.25, 0.3) is 0 Å². The molecule has 1 aromatic heterocycles. The van der Waals surface area contributed by atoms with Crippen LogP contribution in [0.5, 0.6) is 0 Å². The van der Waals surface area contributed by atoms with Crippen molar-refractivity contribution in [3.05, 3.63) is 40.9 Å². The molecule has 1 aromatic carbocycles. The lowest BCUT2D eigenvalue weighted by Crippen LogP contribution is -2.43. The van der Waals surface area contributed by atoms with Crippen LogP contribution in [-0.2, 0) is 6.54 Å². The second kappa shape index (κ2) is 7.53. The molecule has 1 aliphatic rings. The first-order valence-electron chi connectivity index (χ1n) is 8.73. The van der Waals surface area contributed by atoms with Crippen LogP contribution in [0.4, 0.5) is 5.69 Å². The first-order chi connectivity index (χ1) is 11.6. The van der Waals surface area contributed by atoms with Crippen molar-refractivity contribution in [1.29, 1.82) is 0 Å². The Labute approximate surface area is 149 Å². The number of nitrogens with one attached hydrogen (secondary N) is 1. The minimum atomic E-state index is 0.220. The molecule has 1 atom stereocenters. The first-order valence-corrected chi connectivity index (χ1v) is 9.11. The van der Waals surface area contributed by atoms with E-state index in [4.69, 9.17) is 11.6 Å². The minimum absolute atomic E-state index is 0.220. The minimum Gasteiger partial charge on any atom is -0.371 e. The van der Waals surface area contributed by atoms with Crippen molar-refractivity contribution >= 4 is 17.3 Å². The lowest BCUT2D eigenvalue weighted by molar-refractivity contribution is 0.366. The third kappa shape index (κ3) is 3.73. The Kier molecular flexibility index (Phi) is 5.41. The predicted molar refractivity (Wildman–Crippen MR) is 98.7 cm³/mol. The lowest BCUT2D eigenvalue weighted by atomic mass is 10.0. The second-order valence-electron chi connectivity index (χ2n) is 6.52. The zero-order chi connectivity index (χ0) is 17.1. The SMILES string of the molecule is CCn1ncnc1C(C)NC1CCN(c2ccc(C)c(Cl)c2)CC1. The molecule has 1 saturated heterocycles. The highest BCUT2D eigenvalue weighted by Crippen LogP contribution is 2.26. The Bertz CT molecular complexity index is 676. The van der Waals surface area contributed by atoms with Gasteiger partial charge in [-0.15, -0.1) is 0 Å². The van der Waals surface area contributed by atoms with Crippen molar-refractivity contribution in [2.24, 2.45) is 0 Å². The number of aryl methyl sites for hydroxylation is 2. The van der Waals surface area contributed by atoms with Crippen LogP contribution in [0.1, 0.15) is 44.1 Å². The van der Waals surface area contributed by atoms with E-state index in [2.05, 4.69) is 52.3 Å². The summed E-state index contributed by atoms with van der Waals surface area (Å²) in [6, 6.07) is 7.08. The molecule has 2 heterocycles. The number of hydrogen-bond acceptors (Lipinski definition) is 4. The molecule has 130 valence electrons. The van der Waals surface area contributed by atoms with Crippen molar-refractivity contribution in [1.82, 2.24) is 20.1 Å². The normalized spacial score (nSPS) is 17.2. The van der Waals surface area contributed by atoms with Crippen LogP contribution in [0.15, 0.2) is 24.5 Å². The molecule has 6 heteroatoms. The maximum Gasteiger partial charge on any atom is 0.143 e. The van der Waals surface area contributed by atoms with Gasteiger partial charge in [-0.3, -0.25) is 0 Å². The van der Waals surface area contributed by atoms with Crippen LogP contribution in [0.25, 0.3) is 0 Å². The van der Waals surface area contributed by atoms with Gasteiger partial charge < -0.3 is 10.2 Å². The zero-order valence-electron chi connectivity index (χ0n) is 14.7. The summed E-state index contributed by atoms with van der Waals surface area (Å²) in [4.78, 5) is 6.82. The number of halogens is 1. The van der Waals surface area contributed by atoms with Crippen molar-refractivity contribution in [2.75, 3.05) is 18.0 Å². The lowest BCUT2D eigenvalue weighted by Gasteiger charge is -2.35. The fraction of sp³-hybridized carbons (Fsp3) is 0.556. The van der Waals surface area contributed by atoms with Gasteiger partial charge in [-0.2, -0.15) is 5.10 Å². The fourth-order valence-electron chi connectivity index (χ4n) is 3.36.